The van der Waals surface area contributed by atoms with Crippen molar-refractivity contribution in [2.45, 2.75) is 70.3 Å². The Morgan fingerprint density at radius 1 is 1.08 bits per heavy atom. The molecule has 1 amide bonds. The summed E-state index contributed by atoms with van der Waals surface area (Å²) in [6.45, 7) is 6.58. The van der Waals surface area contributed by atoms with Crippen LogP contribution in [0.5, 0.6) is 0 Å². The smallest absolute Gasteiger partial charge is 0.435 e. The van der Waals surface area contributed by atoms with E-state index in [1.165, 1.54) is 48.1 Å². The van der Waals surface area contributed by atoms with Crippen LogP contribution in [0.1, 0.15) is 56.3 Å². The number of carbonyl (C=O) groups is 2. The molecular formula is C34H35F3N8O6S. The molecule has 274 valence electrons. The maximum Gasteiger partial charge on any atom is 0.435 e. The van der Waals surface area contributed by atoms with Crippen molar-refractivity contribution >= 4 is 33.1 Å². The van der Waals surface area contributed by atoms with Gasteiger partial charge >= 0.3 is 18.2 Å². The molecule has 4 aromatic heterocycles. The first kappa shape index (κ1) is 37.6. The van der Waals surface area contributed by atoms with E-state index in [2.05, 4.69) is 21.3 Å². The molecule has 0 bridgehead atoms. The number of amides is 1. The zero-order chi connectivity index (χ0) is 38.3. The van der Waals surface area contributed by atoms with Gasteiger partial charge in [-0.2, -0.15) is 28.6 Å². The third kappa shape index (κ3) is 7.64. The van der Waals surface area contributed by atoms with Crippen LogP contribution in [0, 0.1) is 18.3 Å². The van der Waals surface area contributed by atoms with Crippen molar-refractivity contribution in [1.82, 2.24) is 33.4 Å². The van der Waals surface area contributed by atoms with Crippen molar-refractivity contribution < 1.29 is 41.0 Å². The lowest BCUT2D eigenvalue weighted by molar-refractivity contribution is -0.141. The molecule has 14 nitrogen and oxygen atoms in total. The number of ether oxygens (including phenoxy) is 1. The van der Waals surface area contributed by atoms with Crippen LogP contribution in [0.3, 0.4) is 0 Å². The van der Waals surface area contributed by atoms with Crippen LogP contribution in [0.15, 0.2) is 53.8 Å². The first-order valence-electron chi connectivity index (χ1n) is 15.8. The van der Waals surface area contributed by atoms with Crippen LogP contribution in [-0.2, 0) is 45.9 Å². The minimum absolute atomic E-state index is 0.0124. The van der Waals surface area contributed by atoms with E-state index in [0.29, 0.717) is 0 Å². The average molecular weight is 741 g/mol. The van der Waals surface area contributed by atoms with Crippen molar-refractivity contribution in [3.05, 3.63) is 71.6 Å². The average Bonchev–Trinajstić information content (AvgIpc) is 3.73. The maximum atomic E-state index is 14.5. The number of nitriles is 1. The van der Waals surface area contributed by atoms with Gasteiger partial charge in [-0.05, 0) is 52.3 Å². The predicted octanol–water partition coefficient (Wildman–Crippen LogP) is 5.97. The minimum atomic E-state index is -4.99. The standard InChI is InChI=1S/C34H35F3N8O6S/c1-20-9-11-22(12-10-20)52(49,50)45-18-24(25-17-44(13-7-8-28(46)47)41-30(25)34(35,36)37)23-14-21(16-39-31(23)45)29-26(40-43(6)27(29)15-38)19-42(5)32(48)51-33(2,3)4/h9-12,14,16-18H,7-8,13,19H2,1-6H3,(H,46,47). The molecule has 0 aliphatic rings. The fraction of sp³-hybridized carbons (Fsp3) is 0.353. The first-order valence-corrected chi connectivity index (χ1v) is 17.3. The molecule has 0 fully saturated rings. The highest BCUT2D eigenvalue weighted by Crippen LogP contribution is 2.41. The number of carboxylic acids is 1. The zero-order valence-electron chi connectivity index (χ0n) is 29.1. The van der Waals surface area contributed by atoms with Gasteiger partial charge in [0, 0.05) is 73.3 Å². The van der Waals surface area contributed by atoms with Gasteiger partial charge in [0.2, 0.25) is 0 Å². The molecule has 52 heavy (non-hydrogen) atoms. The molecule has 0 spiro atoms. The number of nitrogens with zero attached hydrogens (tertiary/aromatic N) is 8. The topological polar surface area (TPSA) is 178 Å². The van der Waals surface area contributed by atoms with E-state index in [1.807, 2.05) is 0 Å². The number of aromatic nitrogens is 6. The number of hydrogen-bond donors (Lipinski definition) is 1. The fourth-order valence-electron chi connectivity index (χ4n) is 5.52. The molecule has 1 N–H and O–H groups in total. The maximum absolute atomic E-state index is 14.5. The van der Waals surface area contributed by atoms with Gasteiger partial charge in [-0.1, -0.05) is 17.7 Å². The van der Waals surface area contributed by atoms with E-state index in [0.717, 1.165) is 26.6 Å². The van der Waals surface area contributed by atoms with Gasteiger partial charge in [-0.15, -0.1) is 0 Å². The van der Waals surface area contributed by atoms with Crippen molar-refractivity contribution in [1.29, 1.82) is 5.26 Å². The molecule has 5 rings (SSSR count). The van der Waals surface area contributed by atoms with Gasteiger partial charge in [-0.25, -0.2) is 22.2 Å². The zero-order valence-corrected chi connectivity index (χ0v) is 29.9. The molecule has 0 aliphatic heterocycles. The SMILES string of the molecule is Cc1ccc(S(=O)(=O)n2cc(-c3cn(CCCC(=O)O)nc3C(F)(F)F)c3cc(-c4c(CN(C)C(=O)OC(C)(C)C)nn(C)c4C#N)cnc32)cc1. The number of rotatable bonds is 10. The highest BCUT2D eigenvalue weighted by atomic mass is 32.2. The summed E-state index contributed by atoms with van der Waals surface area (Å²) >= 11 is 0. The van der Waals surface area contributed by atoms with Crippen LogP contribution in [0.25, 0.3) is 33.3 Å². The van der Waals surface area contributed by atoms with Crippen molar-refractivity contribution in [3.63, 3.8) is 0 Å². The van der Waals surface area contributed by atoms with Gasteiger partial charge in [0.25, 0.3) is 10.0 Å². The fourth-order valence-corrected chi connectivity index (χ4v) is 6.85. The molecule has 0 radical (unpaired) electrons. The Labute approximate surface area is 296 Å². The van der Waals surface area contributed by atoms with Gasteiger partial charge < -0.3 is 14.7 Å². The lowest BCUT2D eigenvalue weighted by Crippen LogP contribution is -2.34. The number of carboxylic acid groups (broad SMARTS) is 1. The molecule has 0 saturated carbocycles. The Morgan fingerprint density at radius 3 is 2.35 bits per heavy atom. The van der Waals surface area contributed by atoms with Crippen molar-refractivity contribution in [2.75, 3.05) is 7.05 Å². The molecule has 0 atom stereocenters. The quantitative estimate of drug-likeness (QED) is 0.179. The Morgan fingerprint density at radius 2 is 1.75 bits per heavy atom. The van der Waals surface area contributed by atoms with Gasteiger partial charge in [-0.3, -0.25) is 14.2 Å². The number of aliphatic carboxylic acids is 1. The highest BCUT2D eigenvalue weighted by molar-refractivity contribution is 7.90. The number of hydrogen-bond acceptors (Lipinski definition) is 9. The Kier molecular flexibility index (Phi) is 9.96. The Hall–Kier alpha value is -5.70. The number of pyridine rings is 1. The second-order valence-electron chi connectivity index (χ2n) is 13.1. The van der Waals surface area contributed by atoms with Crippen molar-refractivity contribution in [2.24, 2.45) is 7.05 Å². The van der Waals surface area contributed by atoms with Crippen LogP contribution < -0.4 is 0 Å². The summed E-state index contributed by atoms with van der Waals surface area (Å²) in [7, 11) is -1.43. The minimum Gasteiger partial charge on any atom is -0.481 e. The van der Waals surface area contributed by atoms with Crippen LogP contribution >= 0.6 is 0 Å². The van der Waals surface area contributed by atoms with Crippen LogP contribution in [0.2, 0.25) is 0 Å². The number of aryl methyl sites for hydroxylation is 3. The highest BCUT2D eigenvalue weighted by Gasteiger charge is 2.39. The number of benzene rings is 1. The molecule has 4 heterocycles. The van der Waals surface area contributed by atoms with E-state index in [-0.39, 0.29) is 69.9 Å². The third-order valence-electron chi connectivity index (χ3n) is 7.89. The lowest BCUT2D eigenvalue weighted by Gasteiger charge is -2.24. The molecule has 0 saturated heterocycles. The third-order valence-corrected chi connectivity index (χ3v) is 9.56. The first-order chi connectivity index (χ1) is 24.2. The predicted molar refractivity (Wildman–Crippen MR) is 181 cm³/mol. The van der Waals surface area contributed by atoms with Gasteiger partial charge in [0.05, 0.1) is 17.1 Å². The van der Waals surface area contributed by atoms with E-state index in [4.69, 9.17) is 9.84 Å². The summed E-state index contributed by atoms with van der Waals surface area (Å²) in [6, 6.07) is 9.38. The number of carbonyl (C=O) groups excluding carboxylic acids is 1. The Bertz CT molecular complexity index is 2330. The van der Waals surface area contributed by atoms with Crippen molar-refractivity contribution in [3.8, 4) is 28.3 Å². The summed E-state index contributed by atoms with van der Waals surface area (Å²) in [5.41, 5.74) is -1.50. The van der Waals surface area contributed by atoms with Crippen LogP contribution in [0.4, 0.5) is 18.0 Å². The van der Waals surface area contributed by atoms with E-state index < -0.39 is 45.1 Å². The second kappa shape index (κ2) is 13.8. The molecule has 1 aromatic carbocycles. The summed E-state index contributed by atoms with van der Waals surface area (Å²) in [6.07, 6.45) is -2.58. The van der Waals surface area contributed by atoms with Gasteiger partial charge in [0.1, 0.15) is 17.4 Å². The molecule has 0 unspecified atom stereocenters. The number of alkyl halides is 3. The van der Waals surface area contributed by atoms with E-state index >= 15 is 0 Å². The lowest BCUT2D eigenvalue weighted by atomic mass is 10.0. The van der Waals surface area contributed by atoms with E-state index in [9.17, 15) is 36.4 Å². The summed E-state index contributed by atoms with van der Waals surface area (Å²) in [5.74, 6) is -1.13. The molecular weight excluding hydrogens is 705 g/mol. The number of fused-ring (bicyclic) bond motifs is 1. The monoisotopic (exact) mass is 740 g/mol. The van der Waals surface area contributed by atoms with E-state index in [1.54, 1.807) is 39.8 Å². The number of halogens is 3. The normalized spacial score (nSPS) is 12.2. The largest absolute Gasteiger partial charge is 0.481 e. The van der Waals surface area contributed by atoms with Crippen LogP contribution in [-0.4, -0.2) is 71.7 Å². The second-order valence-corrected chi connectivity index (χ2v) is 15.0. The molecule has 0 aliphatic carbocycles. The summed E-state index contributed by atoms with van der Waals surface area (Å²) in [5, 5.41) is 27.3. The van der Waals surface area contributed by atoms with Gasteiger partial charge in [0.15, 0.2) is 11.3 Å². The summed E-state index contributed by atoms with van der Waals surface area (Å²) in [4.78, 5) is 29.4. The molecule has 18 heteroatoms. The summed E-state index contributed by atoms with van der Waals surface area (Å²) < 4.78 is 80.1. The molecule has 5 aromatic rings. The Balaban J connectivity index is 1.75.